The number of hydrogen-bond donors (Lipinski definition) is 1. The topological polar surface area (TPSA) is 51.2 Å². The molecule has 0 aliphatic carbocycles. The fourth-order valence-corrected chi connectivity index (χ4v) is 4.25. The zero-order valence-electron chi connectivity index (χ0n) is 15.6. The molecule has 0 fully saturated rings. The maximum atomic E-state index is 12.4. The van der Waals surface area contributed by atoms with Gasteiger partial charge in [0.15, 0.2) is 0 Å². The molecule has 4 nitrogen and oxygen atoms in total. The lowest BCUT2D eigenvalue weighted by Gasteiger charge is -2.06. The number of para-hydroxylation sites is 1. The van der Waals surface area contributed by atoms with Crippen molar-refractivity contribution in [1.29, 1.82) is 0 Å². The number of nitrogens with one attached hydrogen (secondary N) is 1. The van der Waals surface area contributed by atoms with E-state index in [1.165, 1.54) is 6.08 Å². The number of ether oxygens (including phenoxy) is 1. The summed E-state index contributed by atoms with van der Waals surface area (Å²) in [6.45, 7) is 0. The Bertz CT molecular complexity index is 1180. The molecule has 6 heteroatoms. The first-order valence-corrected chi connectivity index (χ1v) is 10.5. The highest BCUT2D eigenvalue weighted by Crippen LogP contribution is 2.31. The van der Waals surface area contributed by atoms with E-state index in [1.54, 1.807) is 24.5 Å². The minimum atomic E-state index is -0.214. The molecule has 1 aromatic heterocycles. The highest BCUT2D eigenvalue weighted by Gasteiger charge is 2.07. The predicted octanol–water partition coefficient (Wildman–Crippen LogP) is 6.39. The van der Waals surface area contributed by atoms with Gasteiger partial charge in [0.25, 0.3) is 0 Å². The maximum Gasteiger partial charge on any atom is 0.248 e. The van der Waals surface area contributed by atoms with Crippen LogP contribution in [0, 0.1) is 0 Å². The Morgan fingerprint density at radius 3 is 2.79 bits per heavy atom. The third-order valence-corrected chi connectivity index (χ3v) is 5.86. The first-order chi connectivity index (χ1) is 14.1. The average molecular weight is 465 g/mol. The Morgan fingerprint density at radius 2 is 1.97 bits per heavy atom. The Morgan fingerprint density at radius 1 is 1.10 bits per heavy atom. The smallest absolute Gasteiger partial charge is 0.248 e. The van der Waals surface area contributed by atoms with Gasteiger partial charge in [0.2, 0.25) is 5.91 Å². The number of fused-ring (bicyclic) bond motifs is 1. The maximum absolute atomic E-state index is 12.4. The summed E-state index contributed by atoms with van der Waals surface area (Å²) in [6.07, 6.45) is 3.23. The number of nitrogens with zero attached hydrogens (tertiary/aromatic N) is 1. The molecular weight excluding hydrogens is 448 g/mol. The summed E-state index contributed by atoms with van der Waals surface area (Å²) >= 11 is 5.07. The van der Waals surface area contributed by atoms with E-state index in [4.69, 9.17) is 4.74 Å². The minimum Gasteiger partial charge on any atom is -0.496 e. The largest absolute Gasteiger partial charge is 0.496 e. The molecule has 0 aliphatic heterocycles. The van der Waals surface area contributed by atoms with Crippen molar-refractivity contribution in [2.45, 2.75) is 0 Å². The summed E-state index contributed by atoms with van der Waals surface area (Å²) < 4.78 is 7.39. The van der Waals surface area contributed by atoms with Crippen LogP contribution >= 0.6 is 27.3 Å². The van der Waals surface area contributed by atoms with Crippen molar-refractivity contribution in [1.82, 2.24) is 4.98 Å². The van der Waals surface area contributed by atoms with Gasteiger partial charge in [0.05, 0.1) is 17.3 Å². The molecule has 0 aliphatic rings. The van der Waals surface area contributed by atoms with Gasteiger partial charge in [-0.3, -0.25) is 4.79 Å². The van der Waals surface area contributed by atoms with Crippen LogP contribution in [0.25, 0.3) is 26.9 Å². The van der Waals surface area contributed by atoms with Crippen LogP contribution in [0.3, 0.4) is 0 Å². The molecule has 4 aromatic rings. The van der Waals surface area contributed by atoms with E-state index in [0.717, 1.165) is 36.5 Å². The van der Waals surface area contributed by atoms with Crippen molar-refractivity contribution in [2.75, 3.05) is 12.4 Å². The number of halogens is 1. The number of hydrogen-bond acceptors (Lipinski definition) is 4. The van der Waals surface area contributed by atoms with E-state index < -0.39 is 0 Å². The Labute approximate surface area is 181 Å². The van der Waals surface area contributed by atoms with E-state index >= 15 is 0 Å². The lowest BCUT2D eigenvalue weighted by Crippen LogP contribution is -2.07. The van der Waals surface area contributed by atoms with E-state index in [9.17, 15) is 4.79 Å². The van der Waals surface area contributed by atoms with E-state index in [-0.39, 0.29) is 5.91 Å². The van der Waals surface area contributed by atoms with Crippen LogP contribution in [0.4, 0.5) is 5.69 Å². The zero-order valence-corrected chi connectivity index (χ0v) is 18.0. The Hall–Kier alpha value is -2.96. The highest BCUT2D eigenvalue weighted by molar-refractivity contribution is 9.10. The van der Waals surface area contributed by atoms with Gasteiger partial charge in [-0.05, 0) is 48.5 Å². The number of benzene rings is 3. The van der Waals surface area contributed by atoms with Crippen molar-refractivity contribution in [3.05, 3.63) is 82.8 Å². The molecule has 0 spiro atoms. The lowest BCUT2D eigenvalue weighted by atomic mass is 10.2. The van der Waals surface area contributed by atoms with Crippen molar-refractivity contribution in [2.24, 2.45) is 0 Å². The molecule has 3 aromatic carbocycles. The minimum absolute atomic E-state index is 0.214. The summed E-state index contributed by atoms with van der Waals surface area (Å²) in [5.74, 6) is 0.489. The predicted molar refractivity (Wildman–Crippen MR) is 123 cm³/mol. The van der Waals surface area contributed by atoms with Crippen LogP contribution in [0.15, 0.2) is 77.3 Å². The first kappa shape index (κ1) is 19.4. The molecule has 0 atom stereocenters. The number of amides is 1. The molecule has 1 N–H and O–H groups in total. The summed E-state index contributed by atoms with van der Waals surface area (Å²) in [7, 11) is 1.61. The summed E-state index contributed by atoms with van der Waals surface area (Å²) in [6, 6.07) is 21.4. The van der Waals surface area contributed by atoms with Crippen molar-refractivity contribution in [3.8, 4) is 16.3 Å². The second-order valence-corrected chi connectivity index (χ2v) is 8.22. The fraction of sp³-hybridized carbons (Fsp3) is 0.0435. The van der Waals surface area contributed by atoms with Crippen LogP contribution in [0.5, 0.6) is 5.75 Å². The second-order valence-electron chi connectivity index (χ2n) is 6.28. The average Bonchev–Trinajstić information content (AvgIpc) is 3.17. The van der Waals surface area contributed by atoms with Gasteiger partial charge in [-0.15, -0.1) is 11.3 Å². The summed E-state index contributed by atoms with van der Waals surface area (Å²) in [5.41, 5.74) is 3.49. The summed E-state index contributed by atoms with van der Waals surface area (Å²) in [5, 5.41) is 3.83. The van der Waals surface area contributed by atoms with Gasteiger partial charge >= 0.3 is 0 Å². The third-order valence-electron chi connectivity index (χ3n) is 4.28. The van der Waals surface area contributed by atoms with Crippen LogP contribution < -0.4 is 10.1 Å². The lowest BCUT2D eigenvalue weighted by molar-refractivity contribution is -0.111. The van der Waals surface area contributed by atoms with Gasteiger partial charge in [0.1, 0.15) is 10.8 Å². The van der Waals surface area contributed by atoms with Gasteiger partial charge in [-0.1, -0.05) is 40.2 Å². The number of rotatable bonds is 5. The van der Waals surface area contributed by atoms with Crippen molar-refractivity contribution < 1.29 is 9.53 Å². The van der Waals surface area contributed by atoms with Crippen molar-refractivity contribution in [3.63, 3.8) is 0 Å². The van der Waals surface area contributed by atoms with Crippen LogP contribution in [-0.2, 0) is 4.79 Å². The zero-order chi connectivity index (χ0) is 20.2. The number of carbonyl (C=O) groups is 1. The van der Waals surface area contributed by atoms with Crippen LogP contribution in [0.2, 0.25) is 0 Å². The van der Waals surface area contributed by atoms with E-state index in [2.05, 4.69) is 32.3 Å². The van der Waals surface area contributed by atoms with Crippen molar-refractivity contribution >= 4 is 55.2 Å². The monoisotopic (exact) mass is 464 g/mol. The van der Waals surface area contributed by atoms with Crippen LogP contribution in [0.1, 0.15) is 5.56 Å². The second kappa shape index (κ2) is 8.59. The van der Waals surface area contributed by atoms with Gasteiger partial charge in [-0.25, -0.2) is 4.98 Å². The first-order valence-electron chi connectivity index (χ1n) is 8.91. The molecule has 0 saturated carbocycles. The van der Waals surface area contributed by atoms with Gasteiger partial charge in [0, 0.05) is 27.4 Å². The Balaban J connectivity index is 1.52. The molecule has 29 heavy (non-hydrogen) atoms. The molecule has 0 unspecified atom stereocenters. The summed E-state index contributed by atoms with van der Waals surface area (Å²) in [4.78, 5) is 17.1. The highest BCUT2D eigenvalue weighted by atomic mass is 79.9. The van der Waals surface area contributed by atoms with E-state index in [0.29, 0.717) is 5.75 Å². The SMILES string of the molecule is COc1ccc(Br)cc1/C=C/C(=O)Nc1cccc(-c2nc3ccccc3s2)c1. The van der Waals surface area contributed by atoms with Gasteiger partial charge < -0.3 is 10.1 Å². The molecule has 144 valence electrons. The quantitative estimate of drug-likeness (QED) is 0.348. The normalized spacial score (nSPS) is 11.1. The standard InChI is InChI=1S/C23H17BrN2O2S/c1-28-20-11-10-17(24)13-15(20)9-12-22(27)25-18-6-4-5-16(14-18)23-26-19-7-2-3-8-21(19)29-23/h2-14H,1H3,(H,25,27)/b12-9+. The molecule has 0 radical (unpaired) electrons. The number of carbonyl (C=O) groups excluding carboxylic acids is 1. The molecular formula is C23H17BrN2O2S. The third kappa shape index (κ3) is 4.55. The molecule has 1 heterocycles. The van der Waals surface area contributed by atoms with E-state index in [1.807, 2.05) is 60.7 Å². The number of methoxy groups -OCH3 is 1. The number of anilines is 1. The molecule has 0 saturated heterocycles. The Kier molecular flexibility index (Phi) is 5.74. The molecule has 4 rings (SSSR count). The van der Waals surface area contributed by atoms with Crippen LogP contribution in [-0.4, -0.2) is 18.0 Å². The van der Waals surface area contributed by atoms with Gasteiger partial charge in [-0.2, -0.15) is 0 Å². The fourth-order valence-electron chi connectivity index (χ4n) is 2.91. The molecule has 0 bridgehead atoms. The number of aromatic nitrogens is 1. The molecule has 1 amide bonds. The number of thiazole rings is 1.